The fourth-order valence-corrected chi connectivity index (χ4v) is 3.15. The van der Waals surface area contributed by atoms with E-state index in [1.165, 1.54) is 25.7 Å². The summed E-state index contributed by atoms with van der Waals surface area (Å²) in [6.45, 7) is 2.20. The van der Waals surface area contributed by atoms with Crippen molar-refractivity contribution < 1.29 is 9.59 Å². The lowest BCUT2D eigenvalue weighted by Gasteiger charge is -2.05. The first-order valence-corrected chi connectivity index (χ1v) is 10.1. The average molecular weight is 448 g/mol. The minimum Gasteiger partial charge on any atom is -0.294 e. The Bertz CT molecular complexity index is 687. The molecular formula is C22H25IO2. The third kappa shape index (κ3) is 6.38. The molecule has 0 radical (unpaired) electrons. The number of unbranched alkanes of at least 4 members (excludes halogenated alkanes) is 5. The Labute approximate surface area is 164 Å². The van der Waals surface area contributed by atoms with Crippen molar-refractivity contribution in [2.45, 2.75) is 51.9 Å². The van der Waals surface area contributed by atoms with Gasteiger partial charge in [0, 0.05) is 26.7 Å². The van der Waals surface area contributed by atoms with Gasteiger partial charge in [-0.25, -0.2) is 0 Å². The normalized spacial score (nSPS) is 10.6. The number of hydrogen-bond donors (Lipinski definition) is 0. The molecule has 0 atom stereocenters. The lowest BCUT2D eigenvalue weighted by molar-refractivity contribution is 0.0977. The van der Waals surface area contributed by atoms with Crippen LogP contribution in [-0.2, 0) is 0 Å². The lowest BCUT2D eigenvalue weighted by atomic mass is 9.99. The largest absolute Gasteiger partial charge is 0.294 e. The van der Waals surface area contributed by atoms with E-state index in [2.05, 4.69) is 29.5 Å². The molecule has 0 N–H and O–H groups in total. The van der Waals surface area contributed by atoms with E-state index in [-0.39, 0.29) is 11.6 Å². The molecule has 0 bridgehead atoms. The molecule has 2 aromatic rings. The summed E-state index contributed by atoms with van der Waals surface area (Å²) in [7, 11) is 0. The van der Waals surface area contributed by atoms with Crippen molar-refractivity contribution in [1.82, 2.24) is 0 Å². The lowest BCUT2D eigenvalue weighted by Crippen LogP contribution is -2.03. The Balaban J connectivity index is 1.87. The van der Waals surface area contributed by atoms with E-state index in [4.69, 9.17) is 0 Å². The average Bonchev–Trinajstić information content (AvgIpc) is 2.64. The molecule has 0 fully saturated rings. The molecule has 2 nitrogen and oxygen atoms in total. The van der Waals surface area contributed by atoms with E-state index in [0.29, 0.717) is 23.1 Å². The topological polar surface area (TPSA) is 34.1 Å². The summed E-state index contributed by atoms with van der Waals surface area (Å²) < 4.78 is 1.10. The van der Waals surface area contributed by atoms with Crippen molar-refractivity contribution in [2.24, 2.45) is 0 Å². The second-order valence-corrected chi connectivity index (χ2v) is 7.60. The maximum absolute atomic E-state index is 12.4. The van der Waals surface area contributed by atoms with Gasteiger partial charge < -0.3 is 0 Å². The minimum atomic E-state index is -0.00803. The highest BCUT2D eigenvalue weighted by molar-refractivity contribution is 14.1. The molecule has 0 aromatic heterocycles. The van der Waals surface area contributed by atoms with Gasteiger partial charge in [-0.1, -0.05) is 63.3 Å². The summed E-state index contributed by atoms with van der Waals surface area (Å²) in [5.41, 5.74) is 2.00. The van der Waals surface area contributed by atoms with Crippen LogP contribution in [0.15, 0.2) is 48.5 Å². The number of Topliss-reactive ketones (excluding diaryl/α,β-unsaturated/α-hetero) is 1. The molecule has 0 spiro atoms. The van der Waals surface area contributed by atoms with Crippen molar-refractivity contribution in [3.63, 3.8) is 0 Å². The molecule has 25 heavy (non-hydrogen) atoms. The van der Waals surface area contributed by atoms with Crippen molar-refractivity contribution in [3.05, 3.63) is 68.8 Å². The van der Waals surface area contributed by atoms with Crippen LogP contribution in [0.3, 0.4) is 0 Å². The number of ketones is 2. The van der Waals surface area contributed by atoms with Crippen molar-refractivity contribution in [1.29, 1.82) is 0 Å². The number of benzene rings is 2. The van der Waals surface area contributed by atoms with Gasteiger partial charge in [0.2, 0.25) is 0 Å². The zero-order chi connectivity index (χ0) is 18.1. The van der Waals surface area contributed by atoms with Gasteiger partial charge in [0.1, 0.15) is 0 Å². The molecule has 3 heteroatoms. The molecule has 2 rings (SSSR count). The summed E-state index contributed by atoms with van der Waals surface area (Å²) in [6.07, 6.45) is 7.67. The molecule has 2 aromatic carbocycles. The van der Waals surface area contributed by atoms with Gasteiger partial charge in [0.15, 0.2) is 11.6 Å². The van der Waals surface area contributed by atoms with Gasteiger partial charge in [0.25, 0.3) is 0 Å². The summed E-state index contributed by atoms with van der Waals surface area (Å²) in [6, 6.07) is 14.6. The molecule has 0 aliphatic carbocycles. The number of halogens is 1. The molecule has 0 unspecified atom stereocenters. The first kappa shape index (κ1) is 19.8. The van der Waals surface area contributed by atoms with Crippen molar-refractivity contribution in [2.75, 3.05) is 0 Å². The van der Waals surface area contributed by atoms with E-state index < -0.39 is 0 Å². The minimum absolute atomic E-state index is 0.00803. The second kappa shape index (κ2) is 10.5. The highest BCUT2D eigenvalue weighted by atomic mass is 127. The number of carbonyl (C=O) groups excluding carboxylic acids is 2. The number of hydrogen-bond acceptors (Lipinski definition) is 2. The molecule has 0 saturated heterocycles. The maximum atomic E-state index is 12.4. The van der Waals surface area contributed by atoms with Gasteiger partial charge in [-0.2, -0.15) is 0 Å². The van der Waals surface area contributed by atoms with E-state index in [0.717, 1.165) is 16.4 Å². The molecule has 0 amide bonds. The third-order valence-corrected chi connectivity index (χ3v) is 5.05. The van der Waals surface area contributed by atoms with Gasteiger partial charge in [-0.3, -0.25) is 9.59 Å². The van der Waals surface area contributed by atoms with Crippen LogP contribution >= 0.6 is 22.6 Å². The molecule has 0 aliphatic heterocycles. The molecule has 0 heterocycles. The fourth-order valence-electron chi connectivity index (χ4n) is 2.79. The molecule has 0 aliphatic rings. The van der Waals surface area contributed by atoms with Crippen LogP contribution in [0.1, 0.15) is 78.1 Å². The van der Waals surface area contributed by atoms with Crippen molar-refractivity contribution >= 4 is 34.2 Å². The summed E-state index contributed by atoms with van der Waals surface area (Å²) in [5, 5.41) is 0. The number of rotatable bonds is 10. The van der Waals surface area contributed by atoms with Gasteiger partial charge in [-0.05, 0) is 53.3 Å². The van der Waals surface area contributed by atoms with E-state index >= 15 is 0 Å². The quantitative estimate of drug-likeness (QED) is 0.238. The van der Waals surface area contributed by atoms with Crippen LogP contribution in [0.5, 0.6) is 0 Å². The smallest absolute Gasteiger partial charge is 0.193 e. The van der Waals surface area contributed by atoms with Crippen LogP contribution in [0.25, 0.3) is 0 Å². The monoisotopic (exact) mass is 448 g/mol. The summed E-state index contributed by atoms with van der Waals surface area (Å²) in [4.78, 5) is 24.7. The highest BCUT2D eigenvalue weighted by Gasteiger charge is 2.11. The Hall–Kier alpha value is -1.49. The number of carbonyl (C=O) groups is 2. The summed E-state index contributed by atoms with van der Waals surface area (Å²) in [5.74, 6) is 0.162. The van der Waals surface area contributed by atoms with E-state index in [1.54, 1.807) is 24.3 Å². The SMILES string of the molecule is CCCCCCCCC(=O)c1ccc(C(=O)c2ccc(I)cc2)cc1. The predicted molar refractivity (Wildman–Crippen MR) is 111 cm³/mol. The van der Waals surface area contributed by atoms with Crippen molar-refractivity contribution in [3.8, 4) is 0 Å². The first-order valence-electron chi connectivity index (χ1n) is 9.05. The Morgan fingerprint density at radius 3 is 1.80 bits per heavy atom. The Kier molecular flexibility index (Phi) is 8.32. The van der Waals surface area contributed by atoms with Crippen LogP contribution in [-0.4, -0.2) is 11.6 Å². The fraction of sp³-hybridized carbons (Fsp3) is 0.364. The first-order chi connectivity index (χ1) is 12.1. The molecule has 0 saturated carbocycles. The van der Waals surface area contributed by atoms with Crippen LogP contribution in [0.4, 0.5) is 0 Å². The van der Waals surface area contributed by atoms with E-state index in [1.807, 2.05) is 24.3 Å². The van der Waals surface area contributed by atoms with Gasteiger partial charge in [0.05, 0.1) is 0 Å². The van der Waals surface area contributed by atoms with Crippen LogP contribution < -0.4 is 0 Å². The Morgan fingerprint density at radius 2 is 1.20 bits per heavy atom. The second-order valence-electron chi connectivity index (χ2n) is 6.35. The third-order valence-electron chi connectivity index (χ3n) is 4.33. The van der Waals surface area contributed by atoms with E-state index in [9.17, 15) is 9.59 Å². The summed E-state index contributed by atoms with van der Waals surface area (Å²) >= 11 is 2.22. The standard InChI is InChI=1S/C22H25IO2/c1-2-3-4-5-6-7-8-21(24)17-9-11-18(12-10-17)22(25)19-13-15-20(23)16-14-19/h9-16H,2-8H2,1H3. The molecule has 132 valence electrons. The van der Waals surface area contributed by atoms with Crippen LogP contribution in [0.2, 0.25) is 0 Å². The maximum Gasteiger partial charge on any atom is 0.193 e. The zero-order valence-electron chi connectivity index (χ0n) is 14.8. The van der Waals surface area contributed by atoms with Crippen LogP contribution in [0, 0.1) is 3.57 Å². The highest BCUT2D eigenvalue weighted by Crippen LogP contribution is 2.15. The van der Waals surface area contributed by atoms with Gasteiger partial charge >= 0.3 is 0 Å². The zero-order valence-corrected chi connectivity index (χ0v) is 16.9. The Morgan fingerprint density at radius 1 is 0.720 bits per heavy atom. The predicted octanol–water partition coefficient (Wildman–Crippen LogP) is 6.46. The molecular weight excluding hydrogens is 423 g/mol. The van der Waals surface area contributed by atoms with Gasteiger partial charge in [-0.15, -0.1) is 0 Å².